The molecule has 2 rings (SSSR count). The first-order valence-electron chi connectivity index (χ1n) is 3.66. The van der Waals surface area contributed by atoms with Crippen molar-refractivity contribution < 1.29 is 9.90 Å². The van der Waals surface area contributed by atoms with E-state index >= 15 is 0 Å². The fraction of sp³-hybridized carbons (Fsp3) is 0. The van der Waals surface area contributed by atoms with E-state index in [1.165, 1.54) is 22.9 Å². The maximum Gasteiger partial charge on any atom is 0.355 e. The minimum atomic E-state index is -1.05. The first-order valence-corrected chi connectivity index (χ1v) is 4.54. The fourth-order valence-corrected chi connectivity index (χ4v) is 1.78. The number of rotatable bonds is 2. The van der Waals surface area contributed by atoms with Gasteiger partial charge in [-0.3, -0.25) is 5.10 Å². The van der Waals surface area contributed by atoms with Crippen molar-refractivity contribution in [2.24, 2.45) is 0 Å². The van der Waals surface area contributed by atoms with Crippen molar-refractivity contribution in [3.63, 3.8) is 0 Å². The van der Waals surface area contributed by atoms with Crippen molar-refractivity contribution in [3.05, 3.63) is 17.3 Å². The Bertz CT molecular complexity index is 475. The van der Waals surface area contributed by atoms with Gasteiger partial charge in [0.15, 0.2) is 5.69 Å². The molecule has 6 nitrogen and oxygen atoms in total. The zero-order chi connectivity index (χ0) is 10.1. The highest BCUT2D eigenvalue weighted by molar-refractivity contribution is 7.13. The number of aromatic carboxylic acids is 1. The molecule has 0 spiro atoms. The van der Waals surface area contributed by atoms with E-state index in [9.17, 15) is 4.79 Å². The average Bonchev–Trinajstić information content (AvgIpc) is 2.71. The molecule has 4 N–H and O–H groups in total. The van der Waals surface area contributed by atoms with Gasteiger partial charge in [-0.15, -0.1) is 11.3 Å². The van der Waals surface area contributed by atoms with E-state index in [1.54, 1.807) is 0 Å². The van der Waals surface area contributed by atoms with Gasteiger partial charge in [0.1, 0.15) is 10.8 Å². The quantitative estimate of drug-likeness (QED) is 0.680. The van der Waals surface area contributed by atoms with Gasteiger partial charge in [0.05, 0.1) is 11.8 Å². The Morgan fingerprint density at radius 2 is 2.43 bits per heavy atom. The van der Waals surface area contributed by atoms with Crippen LogP contribution >= 0.6 is 11.3 Å². The van der Waals surface area contributed by atoms with Crippen LogP contribution in [0.15, 0.2) is 11.6 Å². The van der Waals surface area contributed by atoms with E-state index in [0.29, 0.717) is 16.4 Å². The standard InChI is InChI=1S/C7H6N4O2S/c8-5-3(1-9-11-5)6-10-4(2-14-6)7(12)13/h1-2H,(H,12,13)(H3,8,9,11). The summed E-state index contributed by atoms with van der Waals surface area (Å²) < 4.78 is 0. The molecule has 0 aromatic carbocycles. The third-order valence-corrected chi connectivity index (χ3v) is 2.50. The number of nitrogen functional groups attached to an aromatic ring is 1. The molecule has 0 unspecified atom stereocenters. The van der Waals surface area contributed by atoms with E-state index in [2.05, 4.69) is 15.2 Å². The lowest BCUT2D eigenvalue weighted by Gasteiger charge is -1.90. The number of nitrogens with zero attached hydrogens (tertiary/aromatic N) is 2. The molecule has 0 aliphatic heterocycles. The highest BCUT2D eigenvalue weighted by Crippen LogP contribution is 2.26. The Morgan fingerprint density at radius 1 is 1.64 bits per heavy atom. The van der Waals surface area contributed by atoms with Crippen LogP contribution < -0.4 is 5.73 Å². The van der Waals surface area contributed by atoms with E-state index in [0.717, 1.165) is 0 Å². The van der Waals surface area contributed by atoms with E-state index < -0.39 is 5.97 Å². The summed E-state index contributed by atoms with van der Waals surface area (Å²) in [6, 6.07) is 0. The number of thiazole rings is 1. The third-order valence-electron chi connectivity index (χ3n) is 1.62. The molecule has 0 bridgehead atoms. The van der Waals surface area contributed by atoms with Crippen molar-refractivity contribution in [3.8, 4) is 10.6 Å². The zero-order valence-electron chi connectivity index (χ0n) is 6.89. The van der Waals surface area contributed by atoms with Crippen LogP contribution in [-0.4, -0.2) is 26.3 Å². The topological polar surface area (TPSA) is 105 Å². The van der Waals surface area contributed by atoms with Gasteiger partial charge in [0, 0.05) is 5.38 Å². The second kappa shape index (κ2) is 3.11. The Morgan fingerprint density at radius 3 is 2.93 bits per heavy atom. The number of hydrogen-bond acceptors (Lipinski definition) is 5. The number of anilines is 1. The van der Waals surface area contributed by atoms with Gasteiger partial charge in [-0.25, -0.2) is 9.78 Å². The van der Waals surface area contributed by atoms with E-state index in [1.807, 2.05) is 0 Å². The van der Waals surface area contributed by atoms with Crippen LogP contribution in [0.3, 0.4) is 0 Å². The Balaban J connectivity index is 2.43. The molecule has 2 heterocycles. The summed E-state index contributed by atoms with van der Waals surface area (Å²) in [6.45, 7) is 0. The van der Waals surface area contributed by atoms with Gasteiger partial charge in [-0.2, -0.15) is 5.10 Å². The molecule has 7 heteroatoms. The van der Waals surface area contributed by atoms with Crippen LogP contribution in [-0.2, 0) is 0 Å². The predicted molar refractivity (Wildman–Crippen MR) is 51.1 cm³/mol. The SMILES string of the molecule is Nc1[nH]ncc1-c1nc(C(=O)O)cs1. The Kier molecular flexibility index (Phi) is 1.93. The minimum Gasteiger partial charge on any atom is -0.476 e. The predicted octanol–water partition coefficient (Wildman–Crippen LogP) is 0.814. The molecule has 0 amide bonds. The average molecular weight is 210 g/mol. The van der Waals surface area contributed by atoms with Gasteiger partial charge in [-0.1, -0.05) is 0 Å². The van der Waals surface area contributed by atoms with Crippen molar-refractivity contribution in [1.82, 2.24) is 15.2 Å². The van der Waals surface area contributed by atoms with E-state index in [-0.39, 0.29) is 5.69 Å². The maximum atomic E-state index is 10.6. The summed E-state index contributed by atoms with van der Waals surface area (Å²) in [4.78, 5) is 14.5. The number of carbonyl (C=O) groups is 1. The normalized spacial score (nSPS) is 10.3. The molecule has 0 saturated heterocycles. The number of aromatic nitrogens is 3. The van der Waals surface area contributed by atoms with E-state index in [4.69, 9.17) is 10.8 Å². The van der Waals surface area contributed by atoms with Gasteiger partial charge in [0.2, 0.25) is 0 Å². The van der Waals surface area contributed by atoms with Crippen molar-refractivity contribution in [2.75, 3.05) is 5.73 Å². The molecule has 0 radical (unpaired) electrons. The minimum absolute atomic E-state index is 0.0191. The summed E-state index contributed by atoms with van der Waals surface area (Å²) >= 11 is 1.22. The number of H-pyrrole nitrogens is 1. The van der Waals surface area contributed by atoms with Crippen LogP contribution in [0.25, 0.3) is 10.6 Å². The molecular weight excluding hydrogens is 204 g/mol. The summed E-state index contributed by atoms with van der Waals surface area (Å²) in [7, 11) is 0. The number of carboxylic acids is 1. The van der Waals surface area contributed by atoms with Crippen molar-refractivity contribution in [1.29, 1.82) is 0 Å². The zero-order valence-corrected chi connectivity index (χ0v) is 7.71. The summed E-state index contributed by atoms with van der Waals surface area (Å²) in [5, 5.41) is 16.9. The second-order valence-electron chi connectivity index (χ2n) is 2.54. The van der Waals surface area contributed by atoms with Gasteiger partial charge in [0.25, 0.3) is 0 Å². The van der Waals surface area contributed by atoms with Gasteiger partial charge in [-0.05, 0) is 0 Å². The molecule has 0 fully saturated rings. The van der Waals surface area contributed by atoms with Crippen LogP contribution in [0.4, 0.5) is 5.82 Å². The van der Waals surface area contributed by atoms with Crippen molar-refractivity contribution >= 4 is 23.1 Å². The van der Waals surface area contributed by atoms with Gasteiger partial charge < -0.3 is 10.8 Å². The maximum absolute atomic E-state index is 10.6. The van der Waals surface area contributed by atoms with Crippen LogP contribution in [0.5, 0.6) is 0 Å². The lowest BCUT2D eigenvalue weighted by molar-refractivity contribution is 0.0691. The van der Waals surface area contributed by atoms with Crippen LogP contribution in [0, 0.1) is 0 Å². The fourth-order valence-electron chi connectivity index (χ4n) is 0.962. The largest absolute Gasteiger partial charge is 0.476 e. The smallest absolute Gasteiger partial charge is 0.355 e. The summed E-state index contributed by atoms with van der Waals surface area (Å²) in [5.74, 6) is -0.661. The number of nitrogens with two attached hydrogens (primary N) is 1. The molecule has 0 aliphatic rings. The van der Waals surface area contributed by atoms with Crippen LogP contribution in [0.2, 0.25) is 0 Å². The Labute approximate surface area is 82.4 Å². The molecule has 0 saturated carbocycles. The number of nitrogens with one attached hydrogen (secondary N) is 1. The number of aromatic amines is 1. The van der Waals surface area contributed by atoms with Crippen LogP contribution in [0.1, 0.15) is 10.5 Å². The molecule has 14 heavy (non-hydrogen) atoms. The molecule has 2 aromatic heterocycles. The molecule has 72 valence electrons. The summed E-state index contributed by atoms with van der Waals surface area (Å²) in [6.07, 6.45) is 1.51. The lowest BCUT2D eigenvalue weighted by Crippen LogP contribution is -1.95. The van der Waals surface area contributed by atoms with Crippen molar-refractivity contribution in [2.45, 2.75) is 0 Å². The number of hydrogen-bond donors (Lipinski definition) is 3. The lowest BCUT2D eigenvalue weighted by atomic mass is 10.3. The first-order chi connectivity index (χ1) is 6.68. The number of carboxylic acid groups (broad SMARTS) is 1. The molecule has 0 aliphatic carbocycles. The first kappa shape index (κ1) is 8.70. The summed E-state index contributed by atoms with van der Waals surface area (Å²) in [5.41, 5.74) is 6.21. The third kappa shape index (κ3) is 1.33. The second-order valence-corrected chi connectivity index (χ2v) is 3.40. The molecule has 0 atom stereocenters. The highest BCUT2D eigenvalue weighted by atomic mass is 32.1. The van der Waals surface area contributed by atoms with Gasteiger partial charge >= 0.3 is 5.97 Å². The Hall–Kier alpha value is -1.89. The molecule has 2 aromatic rings. The highest BCUT2D eigenvalue weighted by Gasteiger charge is 2.12. The molecular formula is C7H6N4O2S. The monoisotopic (exact) mass is 210 g/mol.